The number of nitrogens with zero attached hydrogens (tertiary/aromatic N) is 2. The van der Waals surface area contributed by atoms with Crippen LogP contribution in [0.1, 0.15) is 42.2 Å². The lowest BCUT2D eigenvalue weighted by molar-refractivity contribution is -0.126. The third kappa shape index (κ3) is 3.11. The average molecular weight is 313 g/mol. The normalized spacial score (nSPS) is 15.2. The summed E-state index contributed by atoms with van der Waals surface area (Å²) in [5.74, 6) is -0.931. The Bertz CT molecular complexity index is 747. The van der Waals surface area contributed by atoms with Crippen molar-refractivity contribution in [2.75, 3.05) is 0 Å². The topological polar surface area (TPSA) is 84.2 Å². The van der Waals surface area contributed by atoms with Crippen molar-refractivity contribution in [3.63, 3.8) is 0 Å². The van der Waals surface area contributed by atoms with Crippen LogP contribution in [0, 0.1) is 5.41 Å². The molecular weight excluding hydrogens is 294 g/mol. The fraction of sp³-hybridized carbons (Fsp3) is 0.353. The van der Waals surface area contributed by atoms with E-state index in [1.807, 2.05) is 31.2 Å². The second-order valence-corrected chi connectivity index (χ2v) is 5.94. The number of aromatic nitrogens is 2. The van der Waals surface area contributed by atoms with Crippen molar-refractivity contribution in [1.29, 1.82) is 0 Å². The maximum Gasteiger partial charge on any atom is 0.356 e. The van der Waals surface area contributed by atoms with Crippen LogP contribution >= 0.6 is 0 Å². The molecule has 1 fully saturated rings. The first-order chi connectivity index (χ1) is 11.0. The van der Waals surface area contributed by atoms with Crippen molar-refractivity contribution in [3.05, 3.63) is 47.8 Å². The van der Waals surface area contributed by atoms with Gasteiger partial charge in [0.05, 0.1) is 5.69 Å². The highest BCUT2D eigenvalue weighted by Gasteiger charge is 2.47. The highest BCUT2D eigenvalue weighted by molar-refractivity contribution is 5.85. The van der Waals surface area contributed by atoms with Gasteiger partial charge in [0.2, 0.25) is 5.91 Å². The fourth-order valence-electron chi connectivity index (χ4n) is 2.65. The zero-order chi connectivity index (χ0) is 16.4. The molecule has 6 heteroatoms. The first-order valence-corrected chi connectivity index (χ1v) is 7.71. The largest absolute Gasteiger partial charge is 0.476 e. The van der Waals surface area contributed by atoms with Gasteiger partial charge in [-0.05, 0) is 43.0 Å². The summed E-state index contributed by atoms with van der Waals surface area (Å²) in [6, 6.07) is 8.99. The van der Waals surface area contributed by atoms with E-state index in [2.05, 4.69) is 10.4 Å². The molecule has 2 N–H and O–H groups in total. The predicted molar refractivity (Wildman–Crippen MR) is 84.3 cm³/mol. The number of aromatic carboxylic acids is 1. The van der Waals surface area contributed by atoms with Crippen LogP contribution in [0.15, 0.2) is 36.5 Å². The van der Waals surface area contributed by atoms with Gasteiger partial charge in [-0.1, -0.05) is 19.1 Å². The summed E-state index contributed by atoms with van der Waals surface area (Å²) in [5.41, 5.74) is 1.58. The number of benzene rings is 1. The van der Waals surface area contributed by atoms with Gasteiger partial charge in [0.25, 0.3) is 0 Å². The number of rotatable bonds is 6. The first kappa shape index (κ1) is 15.3. The van der Waals surface area contributed by atoms with Crippen molar-refractivity contribution >= 4 is 11.9 Å². The number of hydrogen-bond acceptors (Lipinski definition) is 3. The molecule has 0 aliphatic heterocycles. The summed E-state index contributed by atoms with van der Waals surface area (Å²) >= 11 is 0. The highest BCUT2D eigenvalue weighted by Crippen LogP contribution is 2.48. The smallest absolute Gasteiger partial charge is 0.356 e. The zero-order valence-corrected chi connectivity index (χ0v) is 13.0. The number of amides is 1. The van der Waals surface area contributed by atoms with E-state index >= 15 is 0 Å². The third-order valence-corrected chi connectivity index (χ3v) is 4.45. The standard InChI is InChI=1S/C17H19N3O3/c1-2-17(7-8-17)16(23)18-11-12-4-3-5-13(10-12)20-9-6-14(19-20)15(21)22/h3-6,9-10H,2,7-8,11H2,1H3,(H,18,23)(H,21,22). The number of carboxylic acid groups (broad SMARTS) is 1. The molecule has 3 rings (SSSR count). The summed E-state index contributed by atoms with van der Waals surface area (Å²) in [4.78, 5) is 23.1. The maximum absolute atomic E-state index is 12.2. The Morgan fingerprint density at radius 3 is 2.74 bits per heavy atom. The minimum Gasteiger partial charge on any atom is -0.476 e. The number of nitrogens with one attached hydrogen (secondary N) is 1. The van der Waals surface area contributed by atoms with Crippen molar-refractivity contribution < 1.29 is 14.7 Å². The summed E-state index contributed by atoms with van der Waals surface area (Å²) in [7, 11) is 0. The molecule has 120 valence electrons. The van der Waals surface area contributed by atoms with E-state index in [1.54, 1.807) is 6.20 Å². The first-order valence-electron chi connectivity index (χ1n) is 7.71. The quantitative estimate of drug-likeness (QED) is 0.857. The molecule has 6 nitrogen and oxygen atoms in total. The Balaban J connectivity index is 1.69. The van der Waals surface area contributed by atoms with Crippen molar-refractivity contribution in [2.24, 2.45) is 5.41 Å². The minimum absolute atomic E-state index is 0.00215. The molecule has 1 amide bonds. The number of carboxylic acids is 1. The van der Waals surface area contributed by atoms with Crippen LogP contribution in [-0.4, -0.2) is 26.8 Å². The van der Waals surface area contributed by atoms with Crippen molar-refractivity contribution in [2.45, 2.75) is 32.7 Å². The Hall–Kier alpha value is -2.63. The van der Waals surface area contributed by atoms with E-state index in [9.17, 15) is 9.59 Å². The van der Waals surface area contributed by atoms with E-state index < -0.39 is 5.97 Å². The monoisotopic (exact) mass is 313 g/mol. The third-order valence-electron chi connectivity index (χ3n) is 4.45. The number of carbonyl (C=O) groups excluding carboxylic acids is 1. The maximum atomic E-state index is 12.2. The molecule has 0 spiro atoms. The molecule has 0 radical (unpaired) electrons. The Morgan fingerprint density at radius 2 is 2.13 bits per heavy atom. The summed E-state index contributed by atoms with van der Waals surface area (Å²) in [6.45, 7) is 2.51. The van der Waals surface area contributed by atoms with Gasteiger partial charge in [0.15, 0.2) is 5.69 Å². The van der Waals surface area contributed by atoms with Crippen LogP contribution in [0.2, 0.25) is 0 Å². The second-order valence-electron chi connectivity index (χ2n) is 5.94. The molecule has 0 bridgehead atoms. The summed E-state index contributed by atoms with van der Waals surface area (Å²) in [5, 5.41) is 15.9. The van der Waals surface area contributed by atoms with Gasteiger partial charge < -0.3 is 10.4 Å². The van der Waals surface area contributed by atoms with E-state index in [4.69, 9.17) is 5.11 Å². The second kappa shape index (κ2) is 5.87. The van der Waals surface area contributed by atoms with Gasteiger partial charge in [-0.25, -0.2) is 9.48 Å². The van der Waals surface area contributed by atoms with Crippen LogP contribution in [0.4, 0.5) is 0 Å². The van der Waals surface area contributed by atoms with Crippen LogP contribution in [0.25, 0.3) is 5.69 Å². The van der Waals surface area contributed by atoms with Crippen LogP contribution < -0.4 is 5.32 Å². The van der Waals surface area contributed by atoms with Crippen LogP contribution in [0.5, 0.6) is 0 Å². The fourth-order valence-corrected chi connectivity index (χ4v) is 2.65. The lowest BCUT2D eigenvalue weighted by atomic mass is 10.0. The van der Waals surface area contributed by atoms with E-state index in [0.29, 0.717) is 6.54 Å². The molecule has 1 aliphatic rings. The Kier molecular flexibility index (Phi) is 3.90. The Morgan fingerprint density at radius 1 is 1.35 bits per heavy atom. The zero-order valence-electron chi connectivity index (χ0n) is 13.0. The van der Waals surface area contributed by atoms with Gasteiger partial charge in [-0.3, -0.25) is 4.79 Å². The summed E-state index contributed by atoms with van der Waals surface area (Å²) in [6.07, 6.45) is 4.43. The Labute approximate surface area is 134 Å². The minimum atomic E-state index is -1.05. The SMILES string of the molecule is CCC1(C(=O)NCc2cccc(-n3ccc(C(=O)O)n3)c2)CC1. The average Bonchev–Trinajstić information content (AvgIpc) is 3.20. The molecule has 0 unspecified atom stereocenters. The number of carbonyl (C=O) groups is 2. The predicted octanol–water partition coefficient (Wildman–Crippen LogP) is 2.38. The van der Waals surface area contributed by atoms with Gasteiger partial charge in [-0.2, -0.15) is 5.10 Å². The molecule has 1 aromatic heterocycles. The molecule has 1 aliphatic carbocycles. The van der Waals surface area contributed by atoms with Crippen LogP contribution in [0.3, 0.4) is 0 Å². The molecule has 1 heterocycles. The van der Waals surface area contributed by atoms with Crippen LogP contribution in [-0.2, 0) is 11.3 Å². The summed E-state index contributed by atoms with van der Waals surface area (Å²) < 4.78 is 1.52. The van der Waals surface area contributed by atoms with E-state index in [0.717, 1.165) is 30.5 Å². The van der Waals surface area contributed by atoms with E-state index in [-0.39, 0.29) is 17.0 Å². The molecule has 2 aromatic rings. The molecular formula is C17H19N3O3. The van der Waals surface area contributed by atoms with Crippen molar-refractivity contribution in [3.8, 4) is 5.69 Å². The molecule has 1 saturated carbocycles. The lowest BCUT2D eigenvalue weighted by Gasteiger charge is -2.13. The van der Waals surface area contributed by atoms with Crippen molar-refractivity contribution in [1.82, 2.24) is 15.1 Å². The lowest BCUT2D eigenvalue weighted by Crippen LogP contribution is -2.31. The molecule has 23 heavy (non-hydrogen) atoms. The number of hydrogen-bond donors (Lipinski definition) is 2. The van der Waals surface area contributed by atoms with E-state index in [1.165, 1.54) is 10.7 Å². The molecule has 0 saturated heterocycles. The van der Waals surface area contributed by atoms with Gasteiger partial charge >= 0.3 is 5.97 Å². The van der Waals surface area contributed by atoms with Gasteiger partial charge in [0.1, 0.15) is 0 Å². The van der Waals surface area contributed by atoms with Gasteiger partial charge in [0, 0.05) is 18.2 Å². The highest BCUT2D eigenvalue weighted by atomic mass is 16.4. The molecule has 0 atom stereocenters. The molecule has 1 aromatic carbocycles. The van der Waals surface area contributed by atoms with Gasteiger partial charge in [-0.15, -0.1) is 0 Å².